The van der Waals surface area contributed by atoms with Crippen LogP contribution in [0.2, 0.25) is 0 Å². The topological polar surface area (TPSA) is 60.2 Å². The number of anilines is 1. The maximum Gasteiger partial charge on any atom is 0.159 e. The van der Waals surface area contributed by atoms with E-state index in [1.807, 2.05) is 0 Å². The highest BCUT2D eigenvalue weighted by molar-refractivity contribution is 7.91. The molecular formula is C11H16FNO2S. The third-order valence-corrected chi connectivity index (χ3v) is 4.91. The molecular weight excluding hydrogens is 229 g/mol. The fraction of sp³-hybridized carbons (Fsp3) is 0.455. The molecule has 0 fully saturated rings. The fourth-order valence-electron chi connectivity index (χ4n) is 1.13. The molecule has 0 saturated carbocycles. The van der Waals surface area contributed by atoms with Gasteiger partial charge in [-0.25, -0.2) is 12.8 Å². The van der Waals surface area contributed by atoms with Crippen molar-refractivity contribution < 1.29 is 12.8 Å². The molecule has 0 heterocycles. The lowest BCUT2D eigenvalue weighted by Crippen LogP contribution is -2.29. The smallest absolute Gasteiger partial charge is 0.159 e. The Morgan fingerprint density at radius 3 is 2.38 bits per heavy atom. The highest BCUT2D eigenvalue weighted by atomic mass is 32.2. The minimum Gasteiger partial charge on any atom is -0.399 e. The van der Waals surface area contributed by atoms with E-state index in [9.17, 15) is 12.8 Å². The summed E-state index contributed by atoms with van der Waals surface area (Å²) in [5.41, 5.74) is 5.98. The van der Waals surface area contributed by atoms with Gasteiger partial charge < -0.3 is 5.73 Å². The third-order valence-electron chi connectivity index (χ3n) is 2.35. The van der Waals surface area contributed by atoms with Crippen LogP contribution in [0.1, 0.15) is 26.3 Å². The van der Waals surface area contributed by atoms with Crippen molar-refractivity contribution in [1.29, 1.82) is 0 Å². The predicted octanol–water partition coefficient (Wildman–Crippen LogP) is 2.12. The Morgan fingerprint density at radius 1 is 1.31 bits per heavy atom. The van der Waals surface area contributed by atoms with Gasteiger partial charge in [-0.2, -0.15) is 0 Å². The van der Waals surface area contributed by atoms with Crippen molar-refractivity contribution in [3.63, 3.8) is 0 Å². The van der Waals surface area contributed by atoms with Crippen molar-refractivity contribution in [3.8, 4) is 0 Å². The van der Waals surface area contributed by atoms with Crippen molar-refractivity contribution in [2.75, 3.05) is 5.73 Å². The number of nitrogen functional groups attached to an aromatic ring is 1. The monoisotopic (exact) mass is 245 g/mol. The summed E-state index contributed by atoms with van der Waals surface area (Å²) >= 11 is 0. The molecule has 0 aliphatic rings. The van der Waals surface area contributed by atoms with Gasteiger partial charge in [-0.3, -0.25) is 0 Å². The SMILES string of the molecule is CC(C)(C)S(=O)(=O)Cc1cc(N)ccc1F. The minimum atomic E-state index is -3.39. The summed E-state index contributed by atoms with van der Waals surface area (Å²) in [5, 5.41) is 0. The molecule has 0 bridgehead atoms. The Kier molecular flexibility index (Phi) is 3.28. The van der Waals surface area contributed by atoms with Gasteiger partial charge in [0.15, 0.2) is 9.84 Å². The Bertz CT molecular complexity index is 489. The van der Waals surface area contributed by atoms with E-state index in [0.717, 1.165) is 0 Å². The van der Waals surface area contributed by atoms with E-state index in [4.69, 9.17) is 5.73 Å². The average Bonchev–Trinajstić information content (AvgIpc) is 2.09. The molecule has 0 spiro atoms. The summed E-state index contributed by atoms with van der Waals surface area (Å²) in [6.07, 6.45) is 0. The summed E-state index contributed by atoms with van der Waals surface area (Å²) in [4.78, 5) is 0. The molecule has 0 radical (unpaired) electrons. The summed E-state index contributed by atoms with van der Waals surface area (Å²) in [5.74, 6) is -0.866. The first kappa shape index (κ1) is 13.0. The van der Waals surface area contributed by atoms with E-state index >= 15 is 0 Å². The lowest BCUT2D eigenvalue weighted by Gasteiger charge is -2.19. The Labute approximate surface area is 95.4 Å². The molecule has 0 aliphatic heterocycles. The Balaban J connectivity index is 3.11. The molecule has 0 aliphatic carbocycles. The van der Waals surface area contributed by atoms with Gasteiger partial charge >= 0.3 is 0 Å². The summed E-state index contributed by atoms with van der Waals surface area (Å²) in [7, 11) is -3.39. The first-order chi connectivity index (χ1) is 7.13. The highest BCUT2D eigenvalue weighted by Crippen LogP contribution is 2.23. The quantitative estimate of drug-likeness (QED) is 0.812. The zero-order valence-electron chi connectivity index (χ0n) is 9.62. The van der Waals surface area contributed by atoms with Crippen LogP contribution in [-0.4, -0.2) is 13.2 Å². The van der Waals surface area contributed by atoms with E-state index in [-0.39, 0.29) is 11.3 Å². The molecule has 90 valence electrons. The zero-order valence-corrected chi connectivity index (χ0v) is 10.4. The second-order valence-electron chi connectivity index (χ2n) is 4.72. The van der Waals surface area contributed by atoms with Crippen LogP contribution in [0.15, 0.2) is 18.2 Å². The van der Waals surface area contributed by atoms with E-state index in [1.54, 1.807) is 20.8 Å². The Hall–Kier alpha value is -1.10. The molecule has 2 N–H and O–H groups in total. The van der Waals surface area contributed by atoms with Gasteiger partial charge in [0, 0.05) is 11.3 Å². The average molecular weight is 245 g/mol. The van der Waals surface area contributed by atoms with Gasteiger partial charge in [0.25, 0.3) is 0 Å². The number of hydrogen-bond donors (Lipinski definition) is 1. The third kappa shape index (κ3) is 2.72. The van der Waals surface area contributed by atoms with Crippen molar-refractivity contribution in [2.24, 2.45) is 0 Å². The largest absolute Gasteiger partial charge is 0.399 e. The number of nitrogens with two attached hydrogens (primary N) is 1. The molecule has 3 nitrogen and oxygen atoms in total. The van der Waals surface area contributed by atoms with Crippen LogP contribution in [0.5, 0.6) is 0 Å². The van der Waals surface area contributed by atoms with Crippen LogP contribution in [0.4, 0.5) is 10.1 Å². The van der Waals surface area contributed by atoms with Crippen molar-refractivity contribution >= 4 is 15.5 Å². The molecule has 1 aromatic carbocycles. The summed E-state index contributed by atoms with van der Waals surface area (Å²) in [6, 6.07) is 3.95. The molecule has 16 heavy (non-hydrogen) atoms. The first-order valence-electron chi connectivity index (χ1n) is 4.90. The van der Waals surface area contributed by atoms with Crippen LogP contribution >= 0.6 is 0 Å². The standard InChI is InChI=1S/C11H16FNO2S/c1-11(2,3)16(14,15)7-8-6-9(13)4-5-10(8)12/h4-6H,7,13H2,1-3H3. The van der Waals surface area contributed by atoms with E-state index in [1.165, 1.54) is 18.2 Å². The van der Waals surface area contributed by atoms with E-state index < -0.39 is 20.4 Å². The van der Waals surface area contributed by atoms with Crippen LogP contribution < -0.4 is 5.73 Å². The maximum atomic E-state index is 13.4. The summed E-state index contributed by atoms with van der Waals surface area (Å²) < 4.78 is 36.2. The zero-order chi connectivity index (χ0) is 12.6. The van der Waals surface area contributed by atoms with Gasteiger partial charge in [0.05, 0.1) is 10.5 Å². The van der Waals surface area contributed by atoms with E-state index in [2.05, 4.69) is 0 Å². The fourth-order valence-corrected chi connectivity index (χ4v) is 2.19. The van der Waals surface area contributed by atoms with Gasteiger partial charge in [-0.1, -0.05) is 0 Å². The molecule has 0 aromatic heterocycles. The molecule has 0 unspecified atom stereocenters. The lowest BCUT2D eigenvalue weighted by atomic mass is 10.2. The lowest BCUT2D eigenvalue weighted by molar-refractivity contribution is 0.555. The van der Waals surface area contributed by atoms with Crippen LogP contribution in [0.25, 0.3) is 0 Å². The summed E-state index contributed by atoms with van der Waals surface area (Å²) in [6.45, 7) is 4.77. The highest BCUT2D eigenvalue weighted by Gasteiger charge is 2.29. The second-order valence-corrected chi connectivity index (χ2v) is 7.47. The predicted molar refractivity (Wildman–Crippen MR) is 63.2 cm³/mol. The first-order valence-corrected chi connectivity index (χ1v) is 6.55. The number of hydrogen-bond acceptors (Lipinski definition) is 3. The van der Waals surface area contributed by atoms with Crippen LogP contribution in [0, 0.1) is 5.82 Å². The minimum absolute atomic E-state index is 0.120. The number of sulfone groups is 1. The van der Waals surface area contributed by atoms with Gasteiger partial charge in [-0.15, -0.1) is 0 Å². The van der Waals surface area contributed by atoms with Gasteiger partial charge in [0.1, 0.15) is 5.82 Å². The molecule has 0 saturated heterocycles. The van der Waals surface area contributed by atoms with Gasteiger partial charge in [-0.05, 0) is 39.0 Å². The van der Waals surface area contributed by atoms with Crippen LogP contribution in [0.3, 0.4) is 0 Å². The Morgan fingerprint density at radius 2 is 1.88 bits per heavy atom. The normalized spacial score (nSPS) is 12.8. The molecule has 1 aromatic rings. The number of rotatable bonds is 2. The van der Waals surface area contributed by atoms with Crippen molar-refractivity contribution in [1.82, 2.24) is 0 Å². The van der Waals surface area contributed by atoms with Crippen LogP contribution in [-0.2, 0) is 15.6 Å². The second kappa shape index (κ2) is 4.05. The van der Waals surface area contributed by atoms with Crippen molar-refractivity contribution in [2.45, 2.75) is 31.3 Å². The van der Waals surface area contributed by atoms with Crippen molar-refractivity contribution in [3.05, 3.63) is 29.6 Å². The van der Waals surface area contributed by atoms with E-state index in [0.29, 0.717) is 5.69 Å². The number of benzene rings is 1. The molecule has 0 atom stereocenters. The molecule has 5 heteroatoms. The maximum absolute atomic E-state index is 13.4. The molecule has 1 rings (SSSR count). The van der Waals surface area contributed by atoms with Gasteiger partial charge in [0.2, 0.25) is 0 Å². The number of halogens is 1. The molecule has 0 amide bonds.